The molecular weight excluding hydrogens is 294 g/mol. The fourth-order valence-corrected chi connectivity index (χ4v) is 2.96. The lowest BCUT2D eigenvalue weighted by molar-refractivity contribution is 0.104. The maximum Gasteiger partial charge on any atom is 0.410 e. The monoisotopic (exact) mass is 315 g/mol. The number of benzene rings is 2. The summed E-state index contributed by atoms with van der Waals surface area (Å²) in [4.78, 5) is 13.8. The third-order valence-corrected chi connectivity index (χ3v) is 4.24. The van der Waals surface area contributed by atoms with E-state index in [1.54, 1.807) is 16.7 Å². The largest absolute Gasteiger partial charge is 0.445 e. The predicted molar refractivity (Wildman–Crippen MR) is 91.6 cm³/mol. The molecule has 2 aromatic carbocycles. The van der Waals surface area contributed by atoms with Crippen molar-refractivity contribution < 1.29 is 9.53 Å². The minimum Gasteiger partial charge on any atom is -0.445 e. The van der Waals surface area contributed by atoms with Gasteiger partial charge in [-0.05, 0) is 18.1 Å². The molecule has 0 radical (unpaired) electrons. The zero-order chi connectivity index (χ0) is 15.6. The van der Waals surface area contributed by atoms with Crippen LogP contribution in [0.4, 0.5) is 4.79 Å². The molecule has 0 spiro atoms. The summed E-state index contributed by atoms with van der Waals surface area (Å²) in [5.74, 6) is 1.53. The van der Waals surface area contributed by atoms with Gasteiger partial charge in [-0.25, -0.2) is 4.79 Å². The molecule has 0 aliphatic carbocycles. The summed E-state index contributed by atoms with van der Waals surface area (Å²) in [7, 11) is 0. The minimum atomic E-state index is -0.257. The second-order valence-electron chi connectivity index (χ2n) is 4.86. The maximum absolute atomic E-state index is 12.1. The molecule has 0 saturated heterocycles. The molecule has 0 aliphatic rings. The van der Waals surface area contributed by atoms with Crippen molar-refractivity contribution in [2.75, 3.05) is 12.4 Å². The summed E-state index contributed by atoms with van der Waals surface area (Å²) in [5.41, 5.74) is 2.27. The molecule has 0 saturated carbocycles. The van der Waals surface area contributed by atoms with Crippen LogP contribution in [0.15, 0.2) is 60.7 Å². The van der Waals surface area contributed by atoms with Crippen LogP contribution < -0.4 is 0 Å². The second kappa shape index (κ2) is 9.15. The van der Waals surface area contributed by atoms with E-state index in [2.05, 4.69) is 12.1 Å². The van der Waals surface area contributed by atoms with Crippen LogP contribution >= 0.6 is 11.8 Å². The van der Waals surface area contributed by atoms with Crippen molar-refractivity contribution in [3.63, 3.8) is 0 Å². The number of rotatable bonds is 7. The zero-order valence-corrected chi connectivity index (χ0v) is 13.6. The highest BCUT2D eigenvalue weighted by atomic mass is 32.2. The van der Waals surface area contributed by atoms with E-state index in [0.29, 0.717) is 19.0 Å². The third-order valence-electron chi connectivity index (χ3n) is 3.20. The summed E-state index contributed by atoms with van der Waals surface area (Å²) in [6.07, 6.45) is -0.257. The van der Waals surface area contributed by atoms with E-state index in [4.69, 9.17) is 4.74 Å². The predicted octanol–water partition coefficient (Wildman–Crippen LogP) is 4.54. The van der Waals surface area contributed by atoms with Gasteiger partial charge in [-0.1, -0.05) is 60.7 Å². The molecule has 116 valence electrons. The summed E-state index contributed by atoms with van der Waals surface area (Å²) in [6.45, 7) is 2.93. The Morgan fingerprint density at radius 2 is 1.59 bits per heavy atom. The van der Waals surface area contributed by atoms with Crippen LogP contribution in [0.1, 0.15) is 18.1 Å². The van der Waals surface area contributed by atoms with Gasteiger partial charge in [0.2, 0.25) is 0 Å². The van der Waals surface area contributed by atoms with Gasteiger partial charge >= 0.3 is 6.09 Å². The van der Waals surface area contributed by atoms with Crippen LogP contribution in [-0.2, 0) is 17.1 Å². The van der Waals surface area contributed by atoms with Gasteiger partial charge < -0.3 is 4.74 Å². The average molecular weight is 315 g/mol. The SMILES string of the molecule is CCN(CSCc1ccccc1)C(=O)OCc1ccccc1. The smallest absolute Gasteiger partial charge is 0.410 e. The molecule has 2 aromatic rings. The Balaban J connectivity index is 1.74. The lowest BCUT2D eigenvalue weighted by Crippen LogP contribution is -2.31. The summed E-state index contributed by atoms with van der Waals surface area (Å²) >= 11 is 1.71. The van der Waals surface area contributed by atoms with Gasteiger partial charge in [0.1, 0.15) is 6.61 Å². The number of nitrogens with zero attached hydrogens (tertiary/aromatic N) is 1. The first-order valence-electron chi connectivity index (χ1n) is 7.37. The van der Waals surface area contributed by atoms with Crippen molar-refractivity contribution in [2.45, 2.75) is 19.3 Å². The Hall–Kier alpha value is -1.94. The Labute approximate surface area is 136 Å². The van der Waals surface area contributed by atoms with Crippen molar-refractivity contribution in [1.82, 2.24) is 4.90 Å². The van der Waals surface area contributed by atoms with E-state index in [9.17, 15) is 4.79 Å². The molecule has 2 rings (SSSR count). The van der Waals surface area contributed by atoms with E-state index in [1.807, 2.05) is 55.5 Å². The molecule has 4 heteroatoms. The summed E-state index contributed by atoms with van der Waals surface area (Å²) in [5, 5.41) is 0. The van der Waals surface area contributed by atoms with Crippen LogP contribution in [0.2, 0.25) is 0 Å². The number of carbonyl (C=O) groups is 1. The highest BCUT2D eigenvalue weighted by molar-refractivity contribution is 7.98. The number of carbonyl (C=O) groups excluding carboxylic acids is 1. The van der Waals surface area contributed by atoms with Crippen LogP contribution in [0.3, 0.4) is 0 Å². The van der Waals surface area contributed by atoms with E-state index < -0.39 is 0 Å². The Morgan fingerprint density at radius 3 is 2.18 bits per heavy atom. The lowest BCUT2D eigenvalue weighted by atomic mass is 10.2. The van der Waals surface area contributed by atoms with E-state index in [1.165, 1.54) is 5.56 Å². The van der Waals surface area contributed by atoms with Crippen LogP contribution in [0.5, 0.6) is 0 Å². The topological polar surface area (TPSA) is 29.5 Å². The van der Waals surface area contributed by atoms with E-state index in [0.717, 1.165) is 11.3 Å². The van der Waals surface area contributed by atoms with Crippen molar-refractivity contribution >= 4 is 17.9 Å². The minimum absolute atomic E-state index is 0.257. The molecule has 0 atom stereocenters. The molecular formula is C18H21NO2S. The zero-order valence-electron chi connectivity index (χ0n) is 12.8. The van der Waals surface area contributed by atoms with Crippen LogP contribution in [-0.4, -0.2) is 23.4 Å². The summed E-state index contributed by atoms with van der Waals surface area (Å²) in [6, 6.07) is 20.0. The quantitative estimate of drug-likeness (QED) is 0.703. The van der Waals surface area contributed by atoms with Gasteiger partial charge in [0.05, 0.1) is 5.88 Å². The van der Waals surface area contributed by atoms with Crippen LogP contribution in [0, 0.1) is 0 Å². The molecule has 0 bridgehead atoms. The first kappa shape index (κ1) is 16.4. The fraction of sp³-hybridized carbons (Fsp3) is 0.278. The van der Waals surface area contributed by atoms with E-state index >= 15 is 0 Å². The number of amides is 1. The highest BCUT2D eigenvalue weighted by Gasteiger charge is 2.12. The number of thioether (sulfide) groups is 1. The number of hydrogen-bond donors (Lipinski definition) is 0. The molecule has 0 fully saturated rings. The van der Waals surface area contributed by atoms with Crippen molar-refractivity contribution in [2.24, 2.45) is 0 Å². The molecule has 0 aromatic heterocycles. The highest BCUT2D eigenvalue weighted by Crippen LogP contribution is 2.14. The summed E-state index contributed by atoms with van der Waals surface area (Å²) < 4.78 is 5.36. The molecule has 0 unspecified atom stereocenters. The molecule has 22 heavy (non-hydrogen) atoms. The Morgan fingerprint density at radius 1 is 1.00 bits per heavy atom. The Kier molecular flexibility index (Phi) is 6.84. The van der Waals surface area contributed by atoms with Crippen molar-refractivity contribution in [3.05, 3.63) is 71.8 Å². The van der Waals surface area contributed by atoms with Gasteiger partial charge in [0.25, 0.3) is 0 Å². The van der Waals surface area contributed by atoms with Gasteiger partial charge in [0, 0.05) is 12.3 Å². The molecule has 1 amide bonds. The molecule has 0 aliphatic heterocycles. The van der Waals surface area contributed by atoms with Crippen molar-refractivity contribution in [1.29, 1.82) is 0 Å². The number of hydrogen-bond acceptors (Lipinski definition) is 3. The average Bonchev–Trinajstić information content (AvgIpc) is 2.58. The number of ether oxygens (including phenoxy) is 1. The molecule has 0 heterocycles. The van der Waals surface area contributed by atoms with Crippen molar-refractivity contribution in [3.8, 4) is 0 Å². The van der Waals surface area contributed by atoms with Gasteiger partial charge in [-0.2, -0.15) is 0 Å². The van der Waals surface area contributed by atoms with Gasteiger partial charge in [0.15, 0.2) is 0 Å². The van der Waals surface area contributed by atoms with Gasteiger partial charge in [-0.15, -0.1) is 11.8 Å². The Bertz CT molecular complexity index is 560. The first-order valence-corrected chi connectivity index (χ1v) is 8.52. The molecule has 0 N–H and O–H groups in total. The molecule has 3 nitrogen and oxygen atoms in total. The third kappa shape index (κ3) is 5.45. The standard InChI is InChI=1S/C18H21NO2S/c1-2-19(15-22-14-17-11-7-4-8-12-17)18(20)21-13-16-9-5-3-6-10-16/h3-12H,2,13-15H2,1H3. The normalized spacial score (nSPS) is 10.2. The maximum atomic E-state index is 12.1. The van der Waals surface area contributed by atoms with Gasteiger partial charge in [-0.3, -0.25) is 4.90 Å². The fourth-order valence-electron chi connectivity index (χ4n) is 1.93. The lowest BCUT2D eigenvalue weighted by Gasteiger charge is -2.20. The van der Waals surface area contributed by atoms with Crippen LogP contribution in [0.25, 0.3) is 0 Å². The first-order chi connectivity index (χ1) is 10.8. The van der Waals surface area contributed by atoms with E-state index in [-0.39, 0.29) is 6.09 Å². The second-order valence-corrected chi connectivity index (χ2v) is 5.81.